The fourth-order valence-corrected chi connectivity index (χ4v) is 2.32. The van der Waals surface area contributed by atoms with Crippen LogP contribution in [0.5, 0.6) is 11.5 Å². The second-order valence-corrected chi connectivity index (χ2v) is 4.77. The predicted molar refractivity (Wildman–Crippen MR) is 68.3 cm³/mol. The lowest BCUT2D eigenvalue weighted by Crippen LogP contribution is -2.14. The number of fused-ring (bicyclic) bond motifs is 1. The summed E-state index contributed by atoms with van der Waals surface area (Å²) in [6.45, 7) is 2.26. The van der Waals surface area contributed by atoms with Crippen molar-refractivity contribution in [3.05, 3.63) is 22.2 Å². The van der Waals surface area contributed by atoms with E-state index < -0.39 is 0 Å². The number of ether oxygens (including phenoxy) is 2. The summed E-state index contributed by atoms with van der Waals surface area (Å²) in [6, 6.07) is 4.03. The van der Waals surface area contributed by atoms with Crippen molar-refractivity contribution in [2.24, 2.45) is 0 Å². The summed E-state index contributed by atoms with van der Waals surface area (Å²) in [4.78, 5) is 0. The fraction of sp³-hybridized carbons (Fsp3) is 0.500. The summed E-state index contributed by atoms with van der Waals surface area (Å²) in [5.41, 5.74) is 1.16. The third kappa shape index (κ3) is 3.34. The largest absolute Gasteiger partial charge is 0.454 e. The van der Waals surface area contributed by atoms with Crippen LogP contribution in [0.2, 0.25) is 0 Å². The van der Waals surface area contributed by atoms with Crippen molar-refractivity contribution in [2.45, 2.75) is 19.4 Å². The Morgan fingerprint density at radius 3 is 3.00 bits per heavy atom. The van der Waals surface area contributed by atoms with Gasteiger partial charge in [-0.25, -0.2) is 0 Å². The number of aliphatic hydroxyl groups is 1. The monoisotopic (exact) mass is 301 g/mol. The number of benzene rings is 1. The molecule has 0 unspecified atom stereocenters. The Morgan fingerprint density at radius 1 is 1.29 bits per heavy atom. The molecule has 1 aliphatic rings. The van der Waals surface area contributed by atoms with E-state index in [-0.39, 0.29) is 6.61 Å². The van der Waals surface area contributed by atoms with Crippen LogP contribution >= 0.6 is 15.9 Å². The highest BCUT2D eigenvalue weighted by molar-refractivity contribution is 9.10. The van der Waals surface area contributed by atoms with Gasteiger partial charge in [0, 0.05) is 13.2 Å². The standard InChI is InChI=1S/C12H16BrNO3/c13-10-5-9(7-14-3-1-2-4-15)6-11-12(10)17-8-16-11/h5-6,14-15H,1-4,7-8H2. The van der Waals surface area contributed by atoms with Crippen molar-refractivity contribution in [1.29, 1.82) is 0 Å². The molecule has 0 aromatic heterocycles. The molecule has 1 heterocycles. The molecule has 0 spiro atoms. The van der Waals surface area contributed by atoms with Crippen molar-refractivity contribution in [2.75, 3.05) is 19.9 Å². The Kier molecular flexibility index (Phi) is 4.65. The van der Waals surface area contributed by atoms with Gasteiger partial charge in [0.25, 0.3) is 0 Å². The molecule has 1 aromatic rings. The number of nitrogens with one attached hydrogen (secondary N) is 1. The summed E-state index contributed by atoms with van der Waals surface area (Å²) in [7, 11) is 0. The molecular formula is C12H16BrNO3. The van der Waals surface area contributed by atoms with Crippen LogP contribution in [-0.2, 0) is 6.54 Å². The van der Waals surface area contributed by atoms with Crippen LogP contribution in [0.1, 0.15) is 18.4 Å². The molecule has 94 valence electrons. The maximum atomic E-state index is 8.66. The normalized spacial score (nSPS) is 13.1. The van der Waals surface area contributed by atoms with Crippen molar-refractivity contribution in [3.63, 3.8) is 0 Å². The van der Waals surface area contributed by atoms with E-state index in [9.17, 15) is 0 Å². The molecule has 5 heteroatoms. The first-order valence-electron chi connectivity index (χ1n) is 5.71. The molecule has 1 aliphatic heterocycles. The third-order valence-electron chi connectivity index (χ3n) is 2.58. The topological polar surface area (TPSA) is 50.7 Å². The Hall–Kier alpha value is -0.780. The first-order chi connectivity index (χ1) is 8.31. The van der Waals surface area contributed by atoms with Gasteiger partial charge in [-0.2, -0.15) is 0 Å². The number of unbranched alkanes of at least 4 members (excludes halogenated alkanes) is 1. The Labute approximate surface area is 109 Å². The number of rotatable bonds is 6. The minimum absolute atomic E-state index is 0.261. The van der Waals surface area contributed by atoms with Crippen LogP contribution in [0.25, 0.3) is 0 Å². The van der Waals surface area contributed by atoms with Crippen molar-refractivity contribution >= 4 is 15.9 Å². The number of aliphatic hydroxyl groups excluding tert-OH is 1. The van der Waals surface area contributed by atoms with E-state index >= 15 is 0 Å². The van der Waals surface area contributed by atoms with E-state index in [0.717, 1.165) is 47.5 Å². The van der Waals surface area contributed by atoms with Gasteiger partial charge in [0.2, 0.25) is 6.79 Å². The van der Waals surface area contributed by atoms with E-state index in [1.54, 1.807) is 0 Å². The van der Waals surface area contributed by atoms with E-state index in [1.807, 2.05) is 12.1 Å². The molecule has 0 bridgehead atoms. The summed E-state index contributed by atoms with van der Waals surface area (Å²) < 4.78 is 11.6. The SMILES string of the molecule is OCCCCNCc1cc(Br)c2c(c1)OCO2. The van der Waals surface area contributed by atoms with Gasteiger partial charge in [0.15, 0.2) is 11.5 Å². The lowest BCUT2D eigenvalue weighted by Gasteiger charge is -2.07. The molecule has 0 saturated heterocycles. The predicted octanol–water partition coefficient (Wildman–Crippen LogP) is 2.04. The third-order valence-corrected chi connectivity index (χ3v) is 3.17. The zero-order chi connectivity index (χ0) is 12.1. The molecule has 17 heavy (non-hydrogen) atoms. The van der Waals surface area contributed by atoms with Gasteiger partial charge in [-0.05, 0) is 53.0 Å². The second-order valence-electron chi connectivity index (χ2n) is 3.92. The number of hydrogen-bond acceptors (Lipinski definition) is 4. The molecule has 4 nitrogen and oxygen atoms in total. The zero-order valence-electron chi connectivity index (χ0n) is 9.54. The molecule has 0 atom stereocenters. The van der Waals surface area contributed by atoms with E-state index in [0.29, 0.717) is 6.79 Å². The Bertz CT molecular complexity index is 384. The van der Waals surface area contributed by atoms with Crippen LogP contribution in [-0.4, -0.2) is 25.1 Å². The average molecular weight is 302 g/mol. The molecule has 1 aromatic carbocycles. The quantitative estimate of drug-likeness (QED) is 0.790. The molecule has 0 amide bonds. The van der Waals surface area contributed by atoms with Gasteiger partial charge >= 0.3 is 0 Å². The molecule has 0 saturated carbocycles. The van der Waals surface area contributed by atoms with Crippen LogP contribution in [0.3, 0.4) is 0 Å². The van der Waals surface area contributed by atoms with Gasteiger partial charge in [0.1, 0.15) is 0 Å². The van der Waals surface area contributed by atoms with Crippen molar-refractivity contribution in [3.8, 4) is 11.5 Å². The van der Waals surface area contributed by atoms with Gasteiger partial charge in [-0.1, -0.05) is 0 Å². The zero-order valence-corrected chi connectivity index (χ0v) is 11.1. The van der Waals surface area contributed by atoms with Gasteiger partial charge in [-0.15, -0.1) is 0 Å². The van der Waals surface area contributed by atoms with Gasteiger partial charge in [-0.3, -0.25) is 0 Å². The maximum Gasteiger partial charge on any atom is 0.231 e. The van der Waals surface area contributed by atoms with Gasteiger partial charge < -0.3 is 19.9 Å². The van der Waals surface area contributed by atoms with Gasteiger partial charge in [0.05, 0.1) is 4.47 Å². The van der Waals surface area contributed by atoms with E-state index in [1.165, 1.54) is 0 Å². The highest BCUT2D eigenvalue weighted by atomic mass is 79.9. The minimum atomic E-state index is 0.261. The molecule has 0 aliphatic carbocycles. The molecule has 2 N–H and O–H groups in total. The summed E-state index contributed by atoms with van der Waals surface area (Å²) >= 11 is 3.47. The van der Waals surface area contributed by atoms with E-state index in [2.05, 4.69) is 21.2 Å². The molecule has 0 fully saturated rings. The second kappa shape index (κ2) is 6.23. The number of hydrogen-bond donors (Lipinski definition) is 2. The molecule has 2 rings (SSSR count). The lowest BCUT2D eigenvalue weighted by atomic mass is 10.2. The molecule has 0 radical (unpaired) electrons. The van der Waals surface area contributed by atoms with E-state index in [4.69, 9.17) is 14.6 Å². The Balaban J connectivity index is 1.87. The van der Waals surface area contributed by atoms with Crippen LogP contribution < -0.4 is 14.8 Å². The van der Waals surface area contributed by atoms with Crippen molar-refractivity contribution < 1.29 is 14.6 Å². The first kappa shape index (κ1) is 12.7. The lowest BCUT2D eigenvalue weighted by molar-refractivity contribution is 0.173. The summed E-state index contributed by atoms with van der Waals surface area (Å²) in [6.07, 6.45) is 1.83. The number of halogens is 1. The minimum Gasteiger partial charge on any atom is -0.454 e. The highest BCUT2D eigenvalue weighted by Gasteiger charge is 2.17. The average Bonchev–Trinajstić information content (AvgIpc) is 2.77. The van der Waals surface area contributed by atoms with Crippen LogP contribution in [0, 0.1) is 0 Å². The first-order valence-corrected chi connectivity index (χ1v) is 6.50. The van der Waals surface area contributed by atoms with Crippen LogP contribution in [0.15, 0.2) is 16.6 Å². The summed E-state index contributed by atoms with van der Waals surface area (Å²) in [5.74, 6) is 1.58. The smallest absolute Gasteiger partial charge is 0.231 e. The van der Waals surface area contributed by atoms with Crippen LogP contribution in [0.4, 0.5) is 0 Å². The summed E-state index contributed by atoms with van der Waals surface area (Å²) in [5, 5.41) is 12.0. The maximum absolute atomic E-state index is 8.66. The highest BCUT2D eigenvalue weighted by Crippen LogP contribution is 2.39. The molecular weight excluding hydrogens is 286 g/mol. The Morgan fingerprint density at radius 2 is 2.18 bits per heavy atom. The van der Waals surface area contributed by atoms with Crippen molar-refractivity contribution in [1.82, 2.24) is 5.32 Å². The fourth-order valence-electron chi connectivity index (χ4n) is 1.72.